The minimum absolute atomic E-state index is 0.0511. The van der Waals surface area contributed by atoms with E-state index in [2.05, 4.69) is 0 Å². The first kappa shape index (κ1) is 19.0. The van der Waals surface area contributed by atoms with Crippen LogP contribution in [0.1, 0.15) is 31.4 Å². The van der Waals surface area contributed by atoms with Gasteiger partial charge < -0.3 is 10.0 Å². The molecule has 1 aromatic carbocycles. The molecule has 0 aromatic heterocycles. The Morgan fingerprint density at radius 3 is 2.17 bits per heavy atom. The van der Waals surface area contributed by atoms with E-state index in [9.17, 15) is 22.8 Å². The lowest BCUT2D eigenvalue weighted by atomic mass is 10.1. The molecule has 23 heavy (non-hydrogen) atoms. The van der Waals surface area contributed by atoms with Crippen LogP contribution < -0.4 is 0 Å². The minimum atomic E-state index is -4.41. The number of rotatable bonds is 7. The Morgan fingerprint density at radius 1 is 1.17 bits per heavy atom. The van der Waals surface area contributed by atoms with Crippen LogP contribution in [0.3, 0.4) is 0 Å². The van der Waals surface area contributed by atoms with Crippen LogP contribution in [0.25, 0.3) is 0 Å². The van der Waals surface area contributed by atoms with Gasteiger partial charge in [-0.05, 0) is 23.6 Å². The van der Waals surface area contributed by atoms with Gasteiger partial charge in [-0.3, -0.25) is 9.59 Å². The van der Waals surface area contributed by atoms with E-state index >= 15 is 0 Å². The number of carbonyl (C=O) groups is 2. The average molecular weight is 331 g/mol. The third-order valence-corrected chi connectivity index (χ3v) is 3.17. The van der Waals surface area contributed by atoms with Crippen molar-refractivity contribution >= 4 is 11.9 Å². The summed E-state index contributed by atoms with van der Waals surface area (Å²) in [5, 5.41) is 8.73. The molecular formula is C16H20F3NO3. The average Bonchev–Trinajstić information content (AvgIpc) is 2.42. The molecule has 0 unspecified atom stereocenters. The quantitative estimate of drug-likeness (QED) is 0.835. The van der Waals surface area contributed by atoms with Crippen LogP contribution in [0.4, 0.5) is 13.2 Å². The van der Waals surface area contributed by atoms with Gasteiger partial charge in [0.15, 0.2) is 0 Å². The van der Waals surface area contributed by atoms with Crippen LogP contribution in [0.5, 0.6) is 0 Å². The predicted molar refractivity (Wildman–Crippen MR) is 78.8 cm³/mol. The molecule has 1 aromatic rings. The van der Waals surface area contributed by atoms with E-state index in [1.807, 2.05) is 13.8 Å². The number of halogens is 3. The fourth-order valence-electron chi connectivity index (χ4n) is 2.09. The fourth-order valence-corrected chi connectivity index (χ4v) is 2.09. The van der Waals surface area contributed by atoms with Crippen molar-refractivity contribution in [2.24, 2.45) is 5.92 Å². The predicted octanol–water partition coefficient (Wildman–Crippen LogP) is 3.21. The minimum Gasteiger partial charge on any atom is -0.481 e. The number of alkyl halides is 3. The van der Waals surface area contributed by atoms with Gasteiger partial charge in [-0.15, -0.1) is 0 Å². The summed E-state index contributed by atoms with van der Waals surface area (Å²) < 4.78 is 37.5. The number of carboxylic acids is 1. The molecule has 0 atom stereocenters. The first-order valence-electron chi connectivity index (χ1n) is 7.25. The van der Waals surface area contributed by atoms with E-state index in [0.717, 1.165) is 12.1 Å². The Morgan fingerprint density at radius 2 is 1.74 bits per heavy atom. The molecule has 0 bridgehead atoms. The zero-order chi connectivity index (χ0) is 17.6. The summed E-state index contributed by atoms with van der Waals surface area (Å²) in [6.07, 6.45) is -4.62. The monoisotopic (exact) mass is 331 g/mol. The number of carbonyl (C=O) groups excluding carboxylic acids is 1. The second-order valence-electron chi connectivity index (χ2n) is 5.75. The molecular weight excluding hydrogens is 311 g/mol. The molecule has 4 nitrogen and oxygen atoms in total. The van der Waals surface area contributed by atoms with Gasteiger partial charge in [-0.25, -0.2) is 0 Å². The van der Waals surface area contributed by atoms with Crippen LogP contribution in [-0.4, -0.2) is 35.0 Å². The number of hydrogen-bond acceptors (Lipinski definition) is 2. The maximum atomic E-state index is 12.5. The van der Waals surface area contributed by atoms with Crippen molar-refractivity contribution in [2.75, 3.05) is 13.1 Å². The molecule has 0 aliphatic heterocycles. The molecule has 0 radical (unpaired) electrons. The highest BCUT2D eigenvalue weighted by Gasteiger charge is 2.30. The maximum Gasteiger partial charge on any atom is 0.416 e. The second kappa shape index (κ2) is 7.99. The van der Waals surface area contributed by atoms with Crippen molar-refractivity contribution in [1.29, 1.82) is 0 Å². The Bertz CT molecular complexity index is 538. The summed E-state index contributed by atoms with van der Waals surface area (Å²) in [6.45, 7) is 4.30. The number of amides is 1. The number of benzene rings is 1. The normalized spacial score (nSPS) is 11.6. The topological polar surface area (TPSA) is 57.6 Å². The highest BCUT2D eigenvalue weighted by Crippen LogP contribution is 2.29. The van der Waals surface area contributed by atoms with Gasteiger partial charge >= 0.3 is 12.1 Å². The van der Waals surface area contributed by atoms with Gasteiger partial charge in [0.1, 0.15) is 0 Å². The maximum absolute atomic E-state index is 12.5. The lowest BCUT2D eigenvalue weighted by Crippen LogP contribution is -2.37. The largest absolute Gasteiger partial charge is 0.481 e. The Labute approximate surface area is 132 Å². The van der Waals surface area contributed by atoms with Crippen LogP contribution >= 0.6 is 0 Å². The molecule has 128 valence electrons. The van der Waals surface area contributed by atoms with Crippen LogP contribution in [0.2, 0.25) is 0 Å². The fraction of sp³-hybridized carbons (Fsp3) is 0.500. The van der Waals surface area contributed by atoms with Crippen molar-refractivity contribution in [3.8, 4) is 0 Å². The zero-order valence-electron chi connectivity index (χ0n) is 13.1. The van der Waals surface area contributed by atoms with E-state index in [1.165, 1.54) is 17.0 Å². The third-order valence-electron chi connectivity index (χ3n) is 3.17. The molecule has 0 aliphatic carbocycles. The van der Waals surface area contributed by atoms with E-state index in [-0.39, 0.29) is 31.2 Å². The summed E-state index contributed by atoms with van der Waals surface area (Å²) in [4.78, 5) is 24.4. The summed E-state index contributed by atoms with van der Waals surface area (Å²) >= 11 is 0. The molecule has 0 fully saturated rings. The number of carboxylic acid groups (broad SMARTS) is 1. The van der Waals surface area contributed by atoms with Crippen molar-refractivity contribution in [3.05, 3.63) is 35.4 Å². The van der Waals surface area contributed by atoms with E-state index in [1.54, 1.807) is 0 Å². The summed E-state index contributed by atoms with van der Waals surface area (Å²) in [7, 11) is 0. The lowest BCUT2D eigenvalue weighted by molar-refractivity contribution is -0.139. The number of hydrogen-bond donors (Lipinski definition) is 1. The first-order chi connectivity index (χ1) is 10.6. The Balaban J connectivity index is 2.75. The Kier molecular flexibility index (Phi) is 6.60. The molecule has 7 heteroatoms. The van der Waals surface area contributed by atoms with Crippen LogP contribution in [0.15, 0.2) is 24.3 Å². The molecule has 0 spiro atoms. The van der Waals surface area contributed by atoms with Gasteiger partial charge in [0.05, 0.1) is 18.4 Å². The zero-order valence-corrected chi connectivity index (χ0v) is 13.1. The molecule has 0 saturated heterocycles. The molecule has 1 N–H and O–H groups in total. The van der Waals surface area contributed by atoms with Gasteiger partial charge in [0, 0.05) is 13.1 Å². The van der Waals surface area contributed by atoms with E-state index in [4.69, 9.17) is 5.11 Å². The highest BCUT2D eigenvalue weighted by molar-refractivity contribution is 5.79. The van der Waals surface area contributed by atoms with Gasteiger partial charge in [0.2, 0.25) is 5.91 Å². The van der Waals surface area contributed by atoms with E-state index in [0.29, 0.717) is 12.1 Å². The van der Waals surface area contributed by atoms with Crippen LogP contribution in [-0.2, 0) is 22.2 Å². The van der Waals surface area contributed by atoms with Gasteiger partial charge in [-0.2, -0.15) is 13.2 Å². The molecule has 1 rings (SSSR count). The number of nitrogens with zero attached hydrogens (tertiary/aromatic N) is 1. The molecule has 0 aliphatic rings. The molecule has 0 heterocycles. The summed E-state index contributed by atoms with van der Waals surface area (Å²) in [5.41, 5.74) is -0.300. The second-order valence-corrected chi connectivity index (χ2v) is 5.75. The number of aliphatic carboxylic acids is 1. The lowest BCUT2D eigenvalue weighted by Gasteiger charge is -2.24. The smallest absolute Gasteiger partial charge is 0.416 e. The van der Waals surface area contributed by atoms with Crippen molar-refractivity contribution in [3.63, 3.8) is 0 Å². The standard InChI is InChI=1S/C16H20F3NO3/c1-11(2)10-20(8-7-15(22)23)14(21)9-12-3-5-13(6-4-12)16(17,18)19/h3-6,11H,7-10H2,1-2H3,(H,22,23). The SMILES string of the molecule is CC(C)CN(CCC(=O)O)C(=O)Cc1ccc(C(F)(F)F)cc1. The van der Waals surface area contributed by atoms with E-state index < -0.39 is 17.7 Å². The van der Waals surface area contributed by atoms with Gasteiger partial charge in [-0.1, -0.05) is 26.0 Å². The summed E-state index contributed by atoms with van der Waals surface area (Å²) in [6, 6.07) is 4.41. The van der Waals surface area contributed by atoms with Crippen molar-refractivity contribution in [2.45, 2.75) is 32.9 Å². The van der Waals surface area contributed by atoms with Crippen molar-refractivity contribution in [1.82, 2.24) is 4.90 Å². The van der Waals surface area contributed by atoms with Crippen molar-refractivity contribution < 1.29 is 27.9 Å². The van der Waals surface area contributed by atoms with Gasteiger partial charge in [0.25, 0.3) is 0 Å². The molecule has 0 saturated carbocycles. The Hall–Kier alpha value is -2.05. The molecule has 1 amide bonds. The van der Waals surface area contributed by atoms with Crippen LogP contribution in [0, 0.1) is 5.92 Å². The summed E-state index contributed by atoms with van der Waals surface area (Å²) in [5.74, 6) is -1.12. The highest BCUT2D eigenvalue weighted by atomic mass is 19.4. The third kappa shape index (κ3) is 6.71. The first-order valence-corrected chi connectivity index (χ1v) is 7.25.